The largest absolute Gasteiger partial charge is 0.357 e. The van der Waals surface area contributed by atoms with Crippen LogP contribution in [0.15, 0.2) is 4.99 Å². The number of carbonyl (C=O) groups is 1. The smallest absolute Gasteiger partial charge is 0.243 e. The van der Waals surface area contributed by atoms with Crippen LogP contribution in [0, 0.1) is 5.92 Å². The highest BCUT2D eigenvalue weighted by molar-refractivity contribution is 14.0. The van der Waals surface area contributed by atoms with E-state index in [1.54, 1.807) is 19.0 Å². The van der Waals surface area contributed by atoms with Gasteiger partial charge < -0.3 is 15.5 Å². The summed E-state index contributed by atoms with van der Waals surface area (Å²) in [6.45, 7) is 9.58. The lowest BCUT2D eigenvalue weighted by Gasteiger charge is -2.18. The summed E-state index contributed by atoms with van der Waals surface area (Å²) in [6, 6.07) is 0.356. The van der Waals surface area contributed by atoms with E-state index in [4.69, 9.17) is 0 Å². The van der Waals surface area contributed by atoms with Crippen LogP contribution < -0.4 is 10.6 Å². The van der Waals surface area contributed by atoms with Gasteiger partial charge in [-0.25, -0.2) is 4.99 Å². The van der Waals surface area contributed by atoms with E-state index in [1.165, 1.54) is 6.42 Å². The highest BCUT2D eigenvalue weighted by Crippen LogP contribution is 2.06. The van der Waals surface area contributed by atoms with Crippen molar-refractivity contribution < 1.29 is 4.79 Å². The summed E-state index contributed by atoms with van der Waals surface area (Å²) in [6.07, 6.45) is 2.29. The lowest BCUT2D eigenvalue weighted by molar-refractivity contribution is -0.127. The van der Waals surface area contributed by atoms with Gasteiger partial charge in [-0.05, 0) is 32.6 Å². The van der Waals surface area contributed by atoms with Gasteiger partial charge in [0.2, 0.25) is 5.91 Å². The molecule has 0 bridgehead atoms. The van der Waals surface area contributed by atoms with Crippen molar-refractivity contribution >= 4 is 35.8 Å². The third-order valence-electron chi connectivity index (χ3n) is 2.78. The Kier molecular flexibility index (Phi) is 13.3. The molecule has 0 saturated heterocycles. The standard InChI is InChI=1S/C14H30N4O.HI/c1-7-15-14(16-10-13(19)18(5)6)17-12(4)9-8-11(2)3;/h11-12H,7-10H2,1-6H3,(H2,15,16,17);1H. The van der Waals surface area contributed by atoms with Crippen LogP contribution in [0.5, 0.6) is 0 Å². The second-order valence-electron chi connectivity index (χ2n) is 5.50. The first kappa shape index (κ1) is 21.8. The van der Waals surface area contributed by atoms with Crippen molar-refractivity contribution in [1.29, 1.82) is 0 Å². The Bertz CT molecular complexity index is 293. The fourth-order valence-corrected chi connectivity index (χ4v) is 1.50. The number of hydrogen-bond donors (Lipinski definition) is 2. The van der Waals surface area contributed by atoms with Gasteiger partial charge in [0.1, 0.15) is 6.54 Å². The molecule has 0 fully saturated rings. The molecule has 1 unspecified atom stereocenters. The second-order valence-corrected chi connectivity index (χ2v) is 5.50. The van der Waals surface area contributed by atoms with Crippen LogP contribution in [0.3, 0.4) is 0 Å². The Labute approximate surface area is 141 Å². The van der Waals surface area contributed by atoms with Crippen LogP contribution in [0.25, 0.3) is 0 Å². The van der Waals surface area contributed by atoms with Crippen LogP contribution in [-0.4, -0.2) is 50.0 Å². The van der Waals surface area contributed by atoms with Crippen LogP contribution in [0.1, 0.15) is 40.5 Å². The number of halogens is 1. The molecule has 0 aliphatic heterocycles. The zero-order valence-corrected chi connectivity index (χ0v) is 16.0. The lowest BCUT2D eigenvalue weighted by atomic mass is 10.0. The van der Waals surface area contributed by atoms with Gasteiger partial charge in [0, 0.05) is 26.7 Å². The Morgan fingerprint density at radius 3 is 2.25 bits per heavy atom. The van der Waals surface area contributed by atoms with Gasteiger partial charge in [0.15, 0.2) is 5.96 Å². The third-order valence-corrected chi connectivity index (χ3v) is 2.78. The molecule has 0 aromatic carbocycles. The van der Waals surface area contributed by atoms with Crippen molar-refractivity contribution in [2.75, 3.05) is 27.2 Å². The second kappa shape index (κ2) is 12.2. The van der Waals surface area contributed by atoms with Gasteiger partial charge in [-0.15, -0.1) is 24.0 Å². The molecule has 1 atom stereocenters. The van der Waals surface area contributed by atoms with E-state index in [0.717, 1.165) is 13.0 Å². The first-order valence-electron chi connectivity index (χ1n) is 7.11. The van der Waals surface area contributed by atoms with Gasteiger partial charge >= 0.3 is 0 Å². The van der Waals surface area contributed by atoms with Crippen LogP contribution in [0.2, 0.25) is 0 Å². The number of likely N-dealkylation sites (N-methyl/N-ethyl adjacent to an activating group) is 1. The molecule has 0 aliphatic rings. The predicted molar refractivity (Wildman–Crippen MR) is 96.8 cm³/mol. The molecule has 0 heterocycles. The fourth-order valence-electron chi connectivity index (χ4n) is 1.50. The number of hydrogen-bond acceptors (Lipinski definition) is 2. The van der Waals surface area contributed by atoms with Crippen LogP contribution in [-0.2, 0) is 4.79 Å². The molecule has 0 aliphatic carbocycles. The number of nitrogens with zero attached hydrogens (tertiary/aromatic N) is 2. The minimum Gasteiger partial charge on any atom is -0.357 e. The summed E-state index contributed by atoms with van der Waals surface area (Å²) in [7, 11) is 3.48. The van der Waals surface area contributed by atoms with Gasteiger partial charge in [-0.2, -0.15) is 0 Å². The molecule has 0 spiro atoms. The Morgan fingerprint density at radius 2 is 1.80 bits per heavy atom. The molecule has 2 N–H and O–H groups in total. The Hall–Kier alpha value is -0.530. The van der Waals surface area contributed by atoms with E-state index < -0.39 is 0 Å². The van der Waals surface area contributed by atoms with E-state index in [-0.39, 0.29) is 36.4 Å². The minimum atomic E-state index is 0. The van der Waals surface area contributed by atoms with Gasteiger partial charge in [0.25, 0.3) is 0 Å². The summed E-state index contributed by atoms with van der Waals surface area (Å²) in [5.41, 5.74) is 0. The van der Waals surface area contributed by atoms with E-state index in [0.29, 0.717) is 17.9 Å². The molecule has 20 heavy (non-hydrogen) atoms. The first-order chi connectivity index (χ1) is 8.86. The molecule has 0 aromatic heterocycles. The molecule has 0 rings (SSSR count). The maximum absolute atomic E-state index is 11.5. The lowest BCUT2D eigenvalue weighted by Crippen LogP contribution is -2.43. The molecule has 0 saturated carbocycles. The fraction of sp³-hybridized carbons (Fsp3) is 0.857. The van der Waals surface area contributed by atoms with Crippen molar-refractivity contribution in [3.8, 4) is 0 Å². The summed E-state index contributed by atoms with van der Waals surface area (Å²) in [4.78, 5) is 17.4. The van der Waals surface area contributed by atoms with Crippen LogP contribution >= 0.6 is 24.0 Å². The van der Waals surface area contributed by atoms with Gasteiger partial charge in [-0.3, -0.25) is 4.79 Å². The number of aliphatic imine (C=N–C) groups is 1. The Balaban J connectivity index is 0. The molecule has 6 heteroatoms. The van der Waals surface area contributed by atoms with E-state index >= 15 is 0 Å². The number of guanidine groups is 1. The zero-order chi connectivity index (χ0) is 14.8. The molecule has 0 radical (unpaired) electrons. The topological polar surface area (TPSA) is 56.7 Å². The van der Waals surface area contributed by atoms with Crippen molar-refractivity contribution in [1.82, 2.24) is 15.5 Å². The van der Waals surface area contributed by atoms with Crippen molar-refractivity contribution in [3.05, 3.63) is 0 Å². The SMILES string of the molecule is CCNC(=NCC(=O)N(C)C)NC(C)CCC(C)C.I. The van der Waals surface area contributed by atoms with Crippen molar-refractivity contribution in [2.24, 2.45) is 10.9 Å². The highest BCUT2D eigenvalue weighted by atomic mass is 127. The zero-order valence-electron chi connectivity index (χ0n) is 13.7. The molecular weight excluding hydrogens is 367 g/mol. The quantitative estimate of drug-likeness (QED) is 0.392. The highest BCUT2D eigenvalue weighted by Gasteiger charge is 2.08. The summed E-state index contributed by atoms with van der Waals surface area (Å²) >= 11 is 0. The number of rotatable bonds is 7. The van der Waals surface area contributed by atoms with Gasteiger partial charge in [0.05, 0.1) is 0 Å². The summed E-state index contributed by atoms with van der Waals surface area (Å²) < 4.78 is 0. The number of nitrogens with one attached hydrogen (secondary N) is 2. The van der Waals surface area contributed by atoms with Crippen LogP contribution in [0.4, 0.5) is 0 Å². The van der Waals surface area contributed by atoms with Crippen molar-refractivity contribution in [3.63, 3.8) is 0 Å². The average Bonchev–Trinajstić information content (AvgIpc) is 2.33. The van der Waals surface area contributed by atoms with E-state index in [9.17, 15) is 4.79 Å². The minimum absolute atomic E-state index is 0. The normalized spacial score (nSPS) is 12.7. The average molecular weight is 398 g/mol. The molecule has 1 amide bonds. The van der Waals surface area contributed by atoms with Gasteiger partial charge in [-0.1, -0.05) is 13.8 Å². The number of amides is 1. The predicted octanol–water partition coefficient (Wildman–Crippen LogP) is 2.07. The first-order valence-corrected chi connectivity index (χ1v) is 7.11. The van der Waals surface area contributed by atoms with Crippen molar-refractivity contribution in [2.45, 2.75) is 46.6 Å². The number of carbonyl (C=O) groups excluding carboxylic acids is 1. The summed E-state index contributed by atoms with van der Waals surface area (Å²) in [5.74, 6) is 1.43. The molecule has 120 valence electrons. The maximum atomic E-state index is 11.5. The van der Waals surface area contributed by atoms with E-state index in [1.807, 2.05) is 6.92 Å². The van der Waals surface area contributed by atoms with E-state index in [2.05, 4.69) is 36.4 Å². The monoisotopic (exact) mass is 398 g/mol. The Morgan fingerprint density at radius 1 is 1.20 bits per heavy atom. The molecule has 0 aromatic rings. The maximum Gasteiger partial charge on any atom is 0.243 e. The summed E-state index contributed by atoms with van der Waals surface area (Å²) in [5, 5.41) is 6.50. The molecular formula is C14H31IN4O. The third kappa shape index (κ3) is 11.3. The molecule has 5 nitrogen and oxygen atoms in total.